The molecule has 2 aromatic rings. The standard InChI is InChI=1S/C14H19N3O/c1-3-12-6-4-5-7-13(12)16-14-15-8-9-17(14)10-11-18-2/h4-9H,3,10-11H2,1-2H3,(H,15,16). The van der Waals surface area contributed by atoms with Crippen molar-refractivity contribution in [3.63, 3.8) is 0 Å². The zero-order valence-corrected chi connectivity index (χ0v) is 10.9. The van der Waals surface area contributed by atoms with Crippen LogP contribution in [-0.4, -0.2) is 23.3 Å². The summed E-state index contributed by atoms with van der Waals surface area (Å²) in [6, 6.07) is 8.30. The van der Waals surface area contributed by atoms with Crippen molar-refractivity contribution in [3.05, 3.63) is 42.2 Å². The maximum atomic E-state index is 5.09. The maximum absolute atomic E-state index is 5.09. The molecule has 0 aliphatic rings. The SMILES string of the molecule is CCc1ccccc1Nc1nccn1CCOC. The fourth-order valence-electron chi connectivity index (χ4n) is 1.87. The van der Waals surface area contributed by atoms with E-state index >= 15 is 0 Å². The van der Waals surface area contributed by atoms with Crippen LogP contribution in [0.4, 0.5) is 11.6 Å². The third-order valence-electron chi connectivity index (χ3n) is 2.90. The summed E-state index contributed by atoms with van der Waals surface area (Å²) in [5, 5.41) is 3.38. The Balaban J connectivity index is 2.15. The Morgan fingerprint density at radius 1 is 1.33 bits per heavy atom. The van der Waals surface area contributed by atoms with Crippen molar-refractivity contribution >= 4 is 11.6 Å². The first kappa shape index (κ1) is 12.6. The van der Waals surface area contributed by atoms with Gasteiger partial charge >= 0.3 is 0 Å². The van der Waals surface area contributed by atoms with Gasteiger partial charge in [0.15, 0.2) is 0 Å². The topological polar surface area (TPSA) is 39.1 Å². The molecule has 4 heteroatoms. The summed E-state index contributed by atoms with van der Waals surface area (Å²) in [6.07, 6.45) is 4.75. The van der Waals surface area contributed by atoms with E-state index in [2.05, 4.69) is 40.0 Å². The third kappa shape index (κ3) is 2.90. The molecule has 1 N–H and O–H groups in total. The monoisotopic (exact) mass is 245 g/mol. The number of benzene rings is 1. The van der Waals surface area contributed by atoms with Crippen LogP contribution in [-0.2, 0) is 17.7 Å². The molecule has 0 amide bonds. The normalized spacial score (nSPS) is 10.6. The molecule has 1 heterocycles. The number of ether oxygens (including phenoxy) is 1. The molecule has 0 radical (unpaired) electrons. The fraction of sp³-hybridized carbons (Fsp3) is 0.357. The van der Waals surface area contributed by atoms with Gasteiger partial charge in [-0.05, 0) is 18.1 Å². The molecule has 0 aliphatic heterocycles. The van der Waals surface area contributed by atoms with E-state index in [-0.39, 0.29) is 0 Å². The number of aromatic nitrogens is 2. The summed E-state index contributed by atoms with van der Waals surface area (Å²) in [5.41, 5.74) is 2.41. The number of rotatable bonds is 6. The third-order valence-corrected chi connectivity index (χ3v) is 2.90. The van der Waals surface area contributed by atoms with Crippen LogP contribution < -0.4 is 5.32 Å². The van der Waals surface area contributed by atoms with Crippen LogP contribution in [0.3, 0.4) is 0 Å². The Hall–Kier alpha value is -1.81. The largest absolute Gasteiger partial charge is 0.383 e. The van der Waals surface area contributed by atoms with Gasteiger partial charge in [0.2, 0.25) is 5.95 Å². The van der Waals surface area contributed by atoms with Gasteiger partial charge in [-0.1, -0.05) is 25.1 Å². The Morgan fingerprint density at radius 2 is 2.17 bits per heavy atom. The minimum Gasteiger partial charge on any atom is -0.383 e. The van der Waals surface area contributed by atoms with Crippen molar-refractivity contribution in [1.82, 2.24) is 9.55 Å². The van der Waals surface area contributed by atoms with E-state index in [9.17, 15) is 0 Å². The Labute approximate surface area is 108 Å². The lowest BCUT2D eigenvalue weighted by atomic mass is 10.1. The molecule has 96 valence electrons. The lowest BCUT2D eigenvalue weighted by molar-refractivity contribution is 0.188. The van der Waals surface area contributed by atoms with Gasteiger partial charge in [0.25, 0.3) is 0 Å². The van der Waals surface area contributed by atoms with Crippen LogP contribution >= 0.6 is 0 Å². The molecular formula is C14H19N3O. The van der Waals surface area contributed by atoms with Crippen molar-refractivity contribution in [1.29, 1.82) is 0 Å². The first-order valence-corrected chi connectivity index (χ1v) is 6.20. The van der Waals surface area contributed by atoms with Crippen molar-refractivity contribution in [2.24, 2.45) is 0 Å². The van der Waals surface area contributed by atoms with Gasteiger partial charge < -0.3 is 14.6 Å². The van der Waals surface area contributed by atoms with E-state index in [4.69, 9.17) is 4.74 Å². The smallest absolute Gasteiger partial charge is 0.207 e. The number of hydrogen-bond donors (Lipinski definition) is 1. The van der Waals surface area contributed by atoms with Crippen molar-refractivity contribution in [3.8, 4) is 0 Å². The predicted molar refractivity (Wildman–Crippen MR) is 73.2 cm³/mol. The van der Waals surface area contributed by atoms with Gasteiger partial charge in [-0.15, -0.1) is 0 Å². The van der Waals surface area contributed by atoms with Crippen molar-refractivity contribution < 1.29 is 4.74 Å². The molecule has 0 unspecified atom stereocenters. The lowest BCUT2D eigenvalue weighted by Crippen LogP contribution is -2.08. The number of imidazole rings is 1. The summed E-state index contributed by atoms with van der Waals surface area (Å²) in [6.45, 7) is 3.63. The maximum Gasteiger partial charge on any atom is 0.207 e. The van der Waals surface area contributed by atoms with Gasteiger partial charge in [-0.2, -0.15) is 0 Å². The summed E-state index contributed by atoms with van der Waals surface area (Å²) in [5.74, 6) is 0.855. The summed E-state index contributed by atoms with van der Waals surface area (Å²) in [4.78, 5) is 4.34. The minimum absolute atomic E-state index is 0.681. The molecule has 0 spiro atoms. The average molecular weight is 245 g/mol. The Kier molecular flexibility index (Phi) is 4.36. The molecule has 0 saturated carbocycles. The summed E-state index contributed by atoms with van der Waals surface area (Å²) >= 11 is 0. The lowest BCUT2D eigenvalue weighted by Gasteiger charge is -2.12. The summed E-state index contributed by atoms with van der Waals surface area (Å²) in [7, 11) is 1.70. The molecule has 0 fully saturated rings. The highest BCUT2D eigenvalue weighted by Gasteiger charge is 2.05. The van der Waals surface area contributed by atoms with E-state index in [1.807, 2.05) is 12.3 Å². The number of methoxy groups -OCH3 is 1. The van der Waals surface area contributed by atoms with Crippen LogP contribution in [0.15, 0.2) is 36.7 Å². The molecule has 2 rings (SSSR count). The molecule has 18 heavy (non-hydrogen) atoms. The second-order valence-corrected chi connectivity index (χ2v) is 4.07. The van der Waals surface area contributed by atoms with E-state index in [0.717, 1.165) is 24.6 Å². The van der Waals surface area contributed by atoms with E-state index in [1.165, 1.54) is 5.56 Å². The molecule has 0 bridgehead atoms. The van der Waals surface area contributed by atoms with Gasteiger partial charge in [-0.25, -0.2) is 4.98 Å². The molecule has 0 aliphatic carbocycles. The molecule has 0 saturated heterocycles. The Morgan fingerprint density at radius 3 is 2.94 bits per heavy atom. The van der Waals surface area contributed by atoms with Gasteiger partial charge in [0.1, 0.15) is 0 Å². The highest BCUT2D eigenvalue weighted by atomic mass is 16.5. The van der Waals surface area contributed by atoms with Crippen LogP contribution in [0, 0.1) is 0 Å². The van der Waals surface area contributed by atoms with Crippen molar-refractivity contribution in [2.75, 3.05) is 19.0 Å². The molecule has 1 aromatic heterocycles. The molecule has 0 atom stereocenters. The molecule has 4 nitrogen and oxygen atoms in total. The number of hydrogen-bond acceptors (Lipinski definition) is 3. The van der Waals surface area contributed by atoms with Gasteiger partial charge in [-0.3, -0.25) is 0 Å². The number of para-hydroxylation sites is 1. The number of nitrogens with one attached hydrogen (secondary N) is 1. The average Bonchev–Trinajstić information content (AvgIpc) is 2.84. The van der Waals surface area contributed by atoms with Crippen molar-refractivity contribution in [2.45, 2.75) is 19.9 Å². The van der Waals surface area contributed by atoms with E-state index in [1.54, 1.807) is 13.3 Å². The molecular weight excluding hydrogens is 226 g/mol. The second-order valence-electron chi connectivity index (χ2n) is 4.07. The first-order valence-electron chi connectivity index (χ1n) is 6.20. The molecule has 1 aromatic carbocycles. The first-order chi connectivity index (χ1) is 8.85. The zero-order chi connectivity index (χ0) is 12.8. The number of anilines is 2. The Bertz CT molecular complexity index is 493. The zero-order valence-electron chi connectivity index (χ0n) is 10.9. The minimum atomic E-state index is 0.681. The van der Waals surface area contributed by atoms with Crippen LogP contribution in [0.1, 0.15) is 12.5 Å². The van der Waals surface area contributed by atoms with Crippen LogP contribution in [0.5, 0.6) is 0 Å². The van der Waals surface area contributed by atoms with Crippen LogP contribution in [0.25, 0.3) is 0 Å². The van der Waals surface area contributed by atoms with Crippen LogP contribution in [0.2, 0.25) is 0 Å². The number of aryl methyl sites for hydroxylation is 1. The van der Waals surface area contributed by atoms with E-state index in [0.29, 0.717) is 6.61 Å². The number of nitrogens with zero attached hydrogens (tertiary/aromatic N) is 2. The van der Waals surface area contributed by atoms with E-state index < -0.39 is 0 Å². The predicted octanol–water partition coefficient (Wildman–Crippen LogP) is 2.84. The summed E-state index contributed by atoms with van der Waals surface area (Å²) < 4.78 is 7.14. The fourth-order valence-corrected chi connectivity index (χ4v) is 1.87. The van der Waals surface area contributed by atoms with Gasteiger partial charge in [0, 0.05) is 31.7 Å². The highest BCUT2D eigenvalue weighted by Crippen LogP contribution is 2.20. The second kappa shape index (κ2) is 6.21. The highest BCUT2D eigenvalue weighted by molar-refractivity contribution is 5.58. The quantitative estimate of drug-likeness (QED) is 0.850. The van der Waals surface area contributed by atoms with Gasteiger partial charge in [0.05, 0.1) is 6.61 Å².